The van der Waals surface area contributed by atoms with Crippen LogP contribution in [-0.4, -0.2) is 35.9 Å². The first-order valence-corrected chi connectivity index (χ1v) is 8.59. The number of nitrogens with zero attached hydrogens (tertiary/aromatic N) is 1. The fraction of sp³-hybridized carbons (Fsp3) is 0.0952. The first-order valence-electron chi connectivity index (χ1n) is 8.59. The van der Waals surface area contributed by atoms with Gasteiger partial charge in [-0.1, -0.05) is 36.4 Å². The number of carboxylic acid groups (broad SMARTS) is 1. The quantitative estimate of drug-likeness (QED) is 0.539. The Morgan fingerprint density at radius 2 is 1.71 bits per heavy atom. The molecule has 0 aliphatic carbocycles. The number of benzene rings is 3. The van der Waals surface area contributed by atoms with Crippen molar-refractivity contribution in [2.24, 2.45) is 5.10 Å². The molecule has 0 fully saturated rings. The van der Waals surface area contributed by atoms with E-state index < -0.39 is 18.0 Å². The van der Waals surface area contributed by atoms with Gasteiger partial charge in [-0.05, 0) is 40.6 Å². The van der Waals surface area contributed by atoms with Gasteiger partial charge in [0.1, 0.15) is 6.61 Å². The van der Waals surface area contributed by atoms with Crippen molar-refractivity contribution >= 4 is 28.9 Å². The van der Waals surface area contributed by atoms with Crippen molar-refractivity contribution in [3.05, 3.63) is 71.8 Å². The van der Waals surface area contributed by atoms with E-state index in [0.717, 1.165) is 10.8 Å². The Hall–Kier alpha value is -3.87. The van der Waals surface area contributed by atoms with E-state index in [1.807, 2.05) is 36.4 Å². The molecule has 0 saturated carbocycles. The van der Waals surface area contributed by atoms with Crippen molar-refractivity contribution in [2.75, 3.05) is 6.61 Å². The lowest BCUT2D eigenvalue weighted by molar-refractivity contribution is -0.130. The first kappa shape index (κ1) is 17.5. The maximum absolute atomic E-state index is 12.3. The third kappa shape index (κ3) is 3.64. The summed E-state index contributed by atoms with van der Waals surface area (Å²) in [6.07, 6.45) is 0.606. The summed E-state index contributed by atoms with van der Waals surface area (Å²) >= 11 is 0. The van der Waals surface area contributed by atoms with Crippen molar-refractivity contribution in [3.8, 4) is 11.5 Å². The zero-order valence-corrected chi connectivity index (χ0v) is 14.7. The average molecular weight is 376 g/mol. The minimum atomic E-state index is -1.00. The molecule has 1 aliphatic rings. The van der Waals surface area contributed by atoms with Crippen LogP contribution in [0.3, 0.4) is 0 Å². The Kier molecular flexibility index (Phi) is 4.63. The van der Waals surface area contributed by atoms with Gasteiger partial charge in [0.25, 0.3) is 5.91 Å². The SMILES string of the molecule is O=C(O)c1ccc(/C=N/NC(=O)[C@H]2COc3cc4ccccc4cc3O2)cc1. The molecule has 0 unspecified atom stereocenters. The molecule has 1 amide bonds. The molecule has 28 heavy (non-hydrogen) atoms. The van der Waals surface area contributed by atoms with Gasteiger partial charge in [0, 0.05) is 0 Å². The topological polar surface area (TPSA) is 97.2 Å². The second-order valence-corrected chi connectivity index (χ2v) is 6.23. The van der Waals surface area contributed by atoms with Crippen LogP contribution in [0.2, 0.25) is 0 Å². The summed E-state index contributed by atoms with van der Waals surface area (Å²) in [7, 11) is 0. The second kappa shape index (κ2) is 7.40. The molecule has 7 nitrogen and oxygen atoms in total. The predicted octanol–water partition coefficient (Wildman–Crippen LogP) is 2.83. The van der Waals surface area contributed by atoms with Crippen LogP contribution < -0.4 is 14.9 Å². The molecule has 0 saturated heterocycles. The van der Waals surface area contributed by atoms with E-state index in [9.17, 15) is 9.59 Å². The smallest absolute Gasteiger partial charge is 0.335 e. The Morgan fingerprint density at radius 1 is 1.04 bits per heavy atom. The van der Waals surface area contributed by atoms with Gasteiger partial charge in [0.2, 0.25) is 6.10 Å². The largest absolute Gasteiger partial charge is 0.485 e. The lowest BCUT2D eigenvalue weighted by atomic mass is 10.1. The van der Waals surface area contributed by atoms with E-state index in [1.54, 1.807) is 12.1 Å². The number of carbonyl (C=O) groups excluding carboxylic acids is 1. The fourth-order valence-corrected chi connectivity index (χ4v) is 2.84. The summed E-state index contributed by atoms with van der Waals surface area (Å²) < 4.78 is 11.4. The molecule has 0 radical (unpaired) electrons. The molecule has 1 heterocycles. The number of carboxylic acids is 1. The number of hydrogen-bond acceptors (Lipinski definition) is 5. The molecule has 7 heteroatoms. The van der Waals surface area contributed by atoms with Gasteiger partial charge < -0.3 is 14.6 Å². The highest BCUT2D eigenvalue weighted by atomic mass is 16.6. The van der Waals surface area contributed by atoms with E-state index in [4.69, 9.17) is 14.6 Å². The molecule has 1 atom stereocenters. The number of carbonyl (C=O) groups is 2. The first-order chi connectivity index (χ1) is 13.6. The summed E-state index contributed by atoms with van der Waals surface area (Å²) in [5.41, 5.74) is 3.25. The average Bonchev–Trinajstić information content (AvgIpc) is 2.72. The molecular formula is C21H16N2O5. The Morgan fingerprint density at radius 3 is 2.39 bits per heavy atom. The Labute approximate surface area is 160 Å². The maximum atomic E-state index is 12.3. The number of rotatable bonds is 4. The minimum absolute atomic E-state index is 0.0833. The number of ether oxygens (including phenoxy) is 2. The predicted molar refractivity (Wildman–Crippen MR) is 103 cm³/mol. The van der Waals surface area contributed by atoms with Crippen molar-refractivity contribution in [2.45, 2.75) is 6.10 Å². The van der Waals surface area contributed by atoms with Crippen LogP contribution in [0.1, 0.15) is 15.9 Å². The highest BCUT2D eigenvalue weighted by molar-refractivity contribution is 5.90. The van der Waals surface area contributed by atoms with Crippen molar-refractivity contribution in [3.63, 3.8) is 0 Å². The van der Waals surface area contributed by atoms with Gasteiger partial charge in [-0.15, -0.1) is 0 Å². The van der Waals surface area contributed by atoms with Gasteiger partial charge in [0.15, 0.2) is 11.5 Å². The fourth-order valence-electron chi connectivity index (χ4n) is 2.84. The standard InChI is InChI=1S/C21H16N2O5/c24-20(23-22-11-13-5-7-14(8-6-13)21(25)26)19-12-27-17-9-15-3-1-2-4-16(15)10-18(17)28-19/h1-11,19H,12H2,(H,23,24)(H,25,26)/b22-11+/t19-/m1/s1. The number of hydrazone groups is 1. The van der Waals surface area contributed by atoms with Gasteiger partial charge in [-0.3, -0.25) is 4.79 Å². The van der Waals surface area contributed by atoms with Crippen LogP contribution in [-0.2, 0) is 4.79 Å². The highest BCUT2D eigenvalue weighted by Gasteiger charge is 2.27. The molecule has 3 aromatic carbocycles. The number of hydrogen-bond donors (Lipinski definition) is 2. The molecule has 3 aromatic rings. The maximum Gasteiger partial charge on any atom is 0.335 e. The summed E-state index contributed by atoms with van der Waals surface area (Å²) in [6.45, 7) is 0.0833. The Balaban J connectivity index is 1.40. The third-order valence-electron chi connectivity index (χ3n) is 4.31. The number of nitrogens with one attached hydrogen (secondary N) is 1. The highest BCUT2D eigenvalue weighted by Crippen LogP contribution is 2.35. The molecule has 4 rings (SSSR count). The number of aromatic carboxylic acids is 1. The molecular weight excluding hydrogens is 360 g/mol. The molecule has 0 spiro atoms. The molecule has 1 aliphatic heterocycles. The van der Waals surface area contributed by atoms with Crippen LogP contribution in [0.15, 0.2) is 65.8 Å². The van der Waals surface area contributed by atoms with E-state index >= 15 is 0 Å². The normalized spacial score (nSPS) is 15.5. The second-order valence-electron chi connectivity index (χ2n) is 6.23. The number of amides is 1. The van der Waals surface area contributed by atoms with Crippen LogP contribution in [0.4, 0.5) is 0 Å². The molecule has 140 valence electrons. The number of fused-ring (bicyclic) bond motifs is 2. The van der Waals surface area contributed by atoms with Crippen LogP contribution >= 0.6 is 0 Å². The van der Waals surface area contributed by atoms with Gasteiger partial charge >= 0.3 is 5.97 Å². The van der Waals surface area contributed by atoms with E-state index in [2.05, 4.69) is 10.5 Å². The minimum Gasteiger partial charge on any atom is -0.485 e. The van der Waals surface area contributed by atoms with Crippen LogP contribution in [0.5, 0.6) is 11.5 Å². The van der Waals surface area contributed by atoms with E-state index in [-0.39, 0.29) is 12.2 Å². The van der Waals surface area contributed by atoms with E-state index in [0.29, 0.717) is 17.1 Å². The summed E-state index contributed by atoms with van der Waals surface area (Å²) in [5.74, 6) is -0.320. The van der Waals surface area contributed by atoms with E-state index in [1.165, 1.54) is 18.3 Å². The van der Waals surface area contributed by atoms with Gasteiger partial charge in [0.05, 0.1) is 11.8 Å². The molecule has 2 N–H and O–H groups in total. The van der Waals surface area contributed by atoms with Crippen LogP contribution in [0.25, 0.3) is 10.8 Å². The summed E-state index contributed by atoms with van der Waals surface area (Å²) in [4.78, 5) is 23.1. The van der Waals surface area contributed by atoms with Crippen molar-refractivity contribution in [1.29, 1.82) is 0 Å². The summed E-state index contributed by atoms with van der Waals surface area (Å²) in [6, 6.07) is 17.7. The molecule has 0 bridgehead atoms. The van der Waals surface area contributed by atoms with Gasteiger partial charge in [-0.2, -0.15) is 5.10 Å². The lowest BCUT2D eigenvalue weighted by Crippen LogP contribution is -2.42. The molecule has 0 aromatic heterocycles. The van der Waals surface area contributed by atoms with Gasteiger partial charge in [-0.25, -0.2) is 10.2 Å². The van der Waals surface area contributed by atoms with Crippen molar-refractivity contribution < 1.29 is 24.2 Å². The third-order valence-corrected chi connectivity index (χ3v) is 4.31. The summed E-state index contributed by atoms with van der Waals surface area (Å²) in [5, 5.41) is 14.8. The lowest BCUT2D eigenvalue weighted by Gasteiger charge is -2.25. The Bertz CT molecular complexity index is 1080. The van der Waals surface area contributed by atoms with Crippen molar-refractivity contribution in [1.82, 2.24) is 5.43 Å². The zero-order chi connectivity index (χ0) is 19.5. The van der Waals surface area contributed by atoms with Crippen LogP contribution in [0, 0.1) is 0 Å². The monoisotopic (exact) mass is 376 g/mol. The zero-order valence-electron chi connectivity index (χ0n) is 14.7.